The molecule has 0 spiro atoms. The molecule has 1 saturated heterocycles. The highest BCUT2D eigenvalue weighted by atomic mass is 32.2. The monoisotopic (exact) mass is 229 g/mol. The summed E-state index contributed by atoms with van der Waals surface area (Å²) >= 11 is 2.00. The van der Waals surface area contributed by atoms with E-state index in [1.54, 1.807) is 0 Å². The third-order valence-corrected chi connectivity index (χ3v) is 3.94. The fourth-order valence-corrected chi connectivity index (χ4v) is 2.57. The molecule has 88 valence electrons. The molecule has 0 saturated carbocycles. The molecule has 0 aliphatic carbocycles. The van der Waals surface area contributed by atoms with Gasteiger partial charge in [-0.15, -0.1) is 0 Å². The molecule has 0 aromatic heterocycles. The number of thioether (sulfide) groups is 1. The lowest BCUT2D eigenvalue weighted by Crippen LogP contribution is -2.42. The van der Waals surface area contributed by atoms with E-state index in [4.69, 9.17) is 5.73 Å². The molecule has 15 heavy (non-hydrogen) atoms. The summed E-state index contributed by atoms with van der Waals surface area (Å²) < 4.78 is 0. The van der Waals surface area contributed by atoms with Crippen molar-refractivity contribution in [3.8, 4) is 0 Å². The normalized spacial score (nSPS) is 18.6. The van der Waals surface area contributed by atoms with Gasteiger partial charge < -0.3 is 10.6 Å². The van der Waals surface area contributed by atoms with Crippen LogP contribution in [0.5, 0.6) is 0 Å². The van der Waals surface area contributed by atoms with Crippen molar-refractivity contribution >= 4 is 17.7 Å². The lowest BCUT2D eigenvalue weighted by molar-refractivity contribution is 0.447. The van der Waals surface area contributed by atoms with Crippen LogP contribution in [0.1, 0.15) is 26.7 Å². The van der Waals surface area contributed by atoms with E-state index in [0.717, 1.165) is 25.6 Å². The number of nitrogens with zero attached hydrogens (tertiary/aromatic N) is 2. The second-order valence-corrected chi connectivity index (χ2v) is 5.21. The molecule has 0 radical (unpaired) electrons. The van der Waals surface area contributed by atoms with Gasteiger partial charge in [0.15, 0.2) is 5.96 Å². The van der Waals surface area contributed by atoms with Crippen molar-refractivity contribution in [2.45, 2.75) is 26.7 Å². The molecule has 1 aliphatic heterocycles. The predicted molar refractivity (Wildman–Crippen MR) is 69.5 cm³/mol. The summed E-state index contributed by atoms with van der Waals surface area (Å²) in [6, 6.07) is 0. The van der Waals surface area contributed by atoms with E-state index >= 15 is 0 Å². The molecule has 4 heteroatoms. The van der Waals surface area contributed by atoms with Crippen LogP contribution >= 0.6 is 11.8 Å². The van der Waals surface area contributed by atoms with Crippen LogP contribution in [0.2, 0.25) is 0 Å². The van der Waals surface area contributed by atoms with Crippen LogP contribution < -0.4 is 5.73 Å². The first kappa shape index (κ1) is 12.7. The van der Waals surface area contributed by atoms with Crippen molar-refractivity contribution < 1.29 is 0 Å². The quantitative estimate of drug-likeness (QED) is 0.590. The molecule has 3 nitrogen and oxygen atoms in total. The van der Waals surface area contributed by atoms with Crippen LogP contribution in [0, 0.1) is 5.92 Å². The van der Waals surface area contributed by atoms with Gasteiger partial charge in [-0.2, -0.15) is 11.8 Å². The molecule has 2 N–H and O–H groups in total. The van der Waals surface area contributed by atoms with Crippen molar-refractivity contribution in [1.29, 1.82) is 0 Å². The fraction of sp³-hybridized carbons (Fsp3) is 0.909. The molecular formula is C11H23N3S. The topological polar surface area (TPSA) is 41.6 Å². The van der Waals surface area contributed by atoms with Gasteiger partial charge >= 0.3 is 0 Å². The third-order valence-electron chi connectivity index (χ3n) is 3.00. The minimum absolute atomic E-state index is 0.697. The van der Waals surface area contributed by atoms with Gasteiger partial charge in [-0.25, -0.2) is 0 Å². The Morgan fingerprint density at radius 2 is 1.93 bits per heavy atom. The van der Waals surface area contributed by atoms with Crippen molar-refractivity contribution in [2.75, 3.05) is 31.1 Å². The summed E-state index contributed by atoms with van der Waals surface area (Å²) in [5.74, 6) is 3.81. The second-order valence-electron chi connectivity index (χ2n) is 3.98. The molecule has 1 aliphatic rings. The minimum atomic E-state index is 0.697. The highest BCUT2D eigenvalue weighted by Crippen LogP contribution is 2.10. The zero-order chi connectivity index (χ0) is 11.1. The van der Waals surface area contributed by atoms with Gasteiger partial charge in [0.25, 0.3) is 0 Å². The molecular weight excluding hydrogens is 206 g/mol. The van der Waals surface area contributed by atoms with Crippen LogP contribution in [0.3, 0.4) is 0 Å². The maximum atomic E-state index is 5.97. The molecule has 0 atom stereocenters. The van der Waals surface area contributed by atoms with Crippen LogP contribution in [0.15, 0.2) is 4.99 Å². The highest BCUT2D eigenvalue weighted by Gasteiger charge is 2.12. The maximum Gasteiger partial charge on any atom is 0.191 e. The number of hydrogen-bond donors (Lipinski definition) is 1. The molecule has 1 fully saturated rings. The summed E-state index contributed by atoms with van der Waals surface area (Å²) in [5.41, 5.74) is 5.97. The summed E-state index contributed by atoms with van der Waals surface area (Å²) in [4.78, 5) is 6.71. The van der Waals surface area contributed by atoms with Gasteiger partial charge in [0, 0.05) is 31.1 Å². The Bertz CT molecular complexity index is 196. The number of aliphatic imine (C=N–C) groups is 1. The molecule has 0 unspecified atom stereocenters. The average molecular weight is 229 g/mol. The Hall–Kier alpha value is -0.380. The first-order valence-corrected chi connectivity index (χ1v) is 7.06. The lowest BCUT2D eigenvalue weighted by Gasteiger charge is -2.27. The van der Waals surface area contributed by atoms with E-state index in [0.29, 0.717) is 5.92 Å². The third kappa shape index (κ3) is 4.33. The number of nitrogens with two attached hydrogens (primary N) is 1. The smallest absolute Gasteiger partial charge is 0.191 e. The number of guanidine groups is 1. The Kier molecular flexibility index (Phi) is 5.91. The van der Waals surface area contributed by atoms with Gasteiger partial charge in [-0.1, -0.05) is 26.7 Å². The molecule has 0 aromatic carbocycles. The largest absolute Gasteiger partial charge is 0.370 e. The SMILES string of the molecule is CCC(CC)CN=C(N)N1CCSCC1. The minimum Gasteiger partial charge on any atom is -0.370 e. The Labute approximate surface area is 97.5 Å². The van der Waals surface area contributed by atoms with E-state index < -0.39 is 0 Å². The van der Waals surface area contributed by atoms with E-state index in [9.17, 15) is 0 Å². The lowest BCUT2D eigenvalue weighted by atomic mass is 10.0. The van der Waals surface area contributed by atoms with Gasteiger partial charge in [0.1, 0.15) is 0 Å². The van der Waals surface area contributed by atoms with Gasteiger partial charge in [0.2, 0.25) is 0 Å². The van der Waals surface area contributed by atoms with E-state index in [1.807, 2.05) is 11.8 Å². The standard InChI is InChI=1S/C11H23N3S/c1-3-10(4-2)9-13-11(12)14-5-7-15-8-6-14/h10H,3-9H2,1-2H3,(H2,12,13). The summed E-state index contributed by atoms with van der Waals surface area (Å²) in [6.45, 7) is 7.45. The summed E-state index contributed by atoms with van der Waals surface area (Å²) in [6.07, 6.45) is 2.40. The van der Waals surface area contributed by atoms with Crippen LogP contribution in [-0.4, -0.2) is 42.0 Å². The highest BCUT2D eigenvalue weighted by molar-refractivity contribution is 7.99. The molecule has 0 aromatic rings. The Balaban J connectivity index is 2.36. The van der Waals surface area contributed by atoms with E-state index in [-0.39, 0.29) is 0 Å². The first-order valence-electron chi connectivity index (χ1n) is 5.90. The zero-order valence-electron chi connectivity index (χ0n) is 9.91. The molecule has 0 amide bonds. The van der Waals surface area contributed by atoms with Crippen LogP contribution in [-0.2, 0) is 0 Å². The van der Waals surface area contributed by atoms with Crippen LogP contribution in [0.4, 0.5) is 0 Å². The zero-order valence-corrected chi connectivity index (χ0v) is 10.7. The summed E-state index contributed by atoms with van der Waals surface area (Å²) in [5, 5.41) is 0. The number of rotatable bonds is 4. The van der Waals surface area contributed by atoms with Gasteiger partial charge in [0.05, 0.1) is 0 Å². The average Bonchev–Trinajstić information content (AvgIpc) is 2.31. The first-order chi connectivity index (χ1) is 7.27. The summed E-state index contributed by atoms with van der Waals surface area (Å²) in [7, 11) is 0. The molecule has 1 rings (SSSR count). The van der Waals surface area contributed by atoms with E-state index in [1.165, 1.54) is 24.3 Å². The molecule has 0 bridgehead atoms. The predicted octanol–water partition coefficient (Wildman–Crippen LogP) is 1.79. The second kappa shape index (κ2) is 6.99. The fourth-order valence-electron chi connectivity index (χ4n) is 1.66. The number of hydrogen-bond acceptors (Lipinski definition) is 2. The van der Waals surface area contributed by atoms with Crippen LogP contribution in [0.25, 0.3) is 0 Å². The van der Waals surface area contributed by atoms with Crippen molar-refractivity contribution in [1.82, 2.24) is 4.90 Å². The van der Waals surface area contributed by atoms with Gasteiger partial charge in [-0.3, -0.25) is 4.99 Å². The van der Waals surface area contributed by atoms with Crippen molar-refractivity contribution in [3.63, 3.8) is 0 Å². The van der Waals surface area contributed by atoms with Crippen molar-refractivity contribution in [3.05, 3.63) is 0 Å². The molecule has 1 heterocycles. The van der Waals surface area contributed by atoms with Gasteiger partial charge in [-0.05, 0) is 5.92 Å². The Morgan fingerprint density at radius 3 is 2.47 bits per heavy atom. The van der Waals surface area contributed by atoms with Crippen molar-refractivity contribution in [2.24, 2.45) is 16.6 Å². The Morgan fingerprint density at radius 1 is 1.33 bits per heavy atom. The van der Waals surface area contributed by atoms with E-state index in [2.05, 4.69) is 23.7 Å². The maximum absolute atomic E-state index is 5.97.